The molecule has 0 radical (unpaired) electrons. The van der Waals surface area contributed by atoms with Crippen molar-refractivity contribution in [2.45, 2.75) is 72.9 Å². The fourth-order valence-corrected chi connectivity index (χ4v) is 2.51. The Morgan fingerprint density at radius 1 is 1.15 bits per heavy atom. The van der Waals surface area contributed by atoms with Gasteiger partial charge in [-0.05, 0) is 13.3 Å². The van der Waals surface area contributed by atoms with Crippen LogP contribution in [0.15, 0.2) is 20.1 Å². The second-order valence-electron chi connectivity index (χ2n) is 7.16. The van der Waals surface area contributed by atoms with Crippen LogP contribution in [-0.2, 0) is 31.3 Å². The van der Waals surface area contributed by atoms with Gasteiger partial charge in [-0.1, -0.05) is 39.8 Å². The van der Waals surface area contributed by atoms with Gasteiger partial charge in [-0.15, -0.1) is 24.0 Å². The normalized spacial score (nSPS) is 12.0. The number of aromatic nitrogens is 2. The molecule has 2 aromatic heterocycles. The van der Waals surface area contributed by atoms with Gasteiger partial charge in [-0.3, -0.25) is 0 Å². The first-order chi connectivity index (χ1) is 12.4. The van der Waals surface area contributed by atoms with Crippen molar-refractivity contribution in [3.63, 3.8) is 0 Å². The number of guanidine groups is 1. The topological polar surface area (TPSA) is 88.5 Å². The highest BCUT2D eigenvalue weighted by Crippen LogP contribution is 2.22. The van der Waals surface area contributed by atoms with Gasteiger partial charge in [0.05, 0.1) is 25.0 Å². The summed E-state index contributed by atoms with van der Waals surface area (Å²) in [6, 6.07) is 0. The maximum absolute atomic E-state index is 5.82. The summed E-state index contributed by atoms with van der Waals surface area (Å²) in [6.07, 6.45) is 3.44. The van der Waals surface area contributed by atoms with E-state index in [-0.39, 0.29) is 29.4 Å². The zero-order chi connectivity index (χ0) is 19.2. The highest BCUT2D eigenvalue weighted by Gasteiger charge is 2.19. The van der Waals surface area contributed by atoms with E-state index in [0.717, 1.165) is 42.2 Å². The van der Waals surface area contributed by atoms with E-state index in [1.807, 2.05) is 6.92 Å². The maximum Gasteiger partial charge on any atom is 0.213 e. The van der Waals surface area contributed by atoms with E-state index in [9.17, 15) is 0 Å². The molecule has 0 aromatic carbocycles. The molecular formula is C19H32IN5O2. The molecule has 0 spiro atoms. The molecule has 7 nitrogen and oxygen atoms in total. The number of oxazole rings is 1. The number of nitrogens with one attached hydrogen (secondary N) is 2. The Morgan fingerprint density at radius 3 is 2.44 bits per heavy atom. The lowest BCUT2D eigenvalue weighted by atomic mass is 9.94. The number of hydrogen-bond donors (Lipinski definition) is 2. The van der Waals surface area contributed by atoms with Crippen LogP contribution in [0.25, 0.3) is 0 Å². The maximum atomic E-state index is 5.82. The number of halogens is 1. The minimum absolute atomic E-state index is 0. The number of rotatable bonds is 7. The molecule has 2 rings (SSSR count). The van der Waals surface area contributed by atoms with Crippen LogP contribution in [0.1, 0.15) is 70.2 Å². The van der Waals surface area contributed by atoms with Crippen LogP contribution in [0.2, 0.25) is 0 Å². The van der Waals surface area contributed by atoms with E-state index in [1.165, 1.54) is 0 Å². The van der Waals surface area contributed by atoms with Crippen LogP contribution in [0.5, 0.6) is 0 Å². The van der Waals surface area contributed by atoms with Crippen LogP contribution in [0.4, 0.5) is 0 Å². The molecule has 0 aliphatic rings. The largest absolute Gasteiger partial charge is 0.443 e. The standard InChI is InChI=1S/C19H31N5O2.HI/c1-7-14-13(15(8-2)26-24-14)10-22-18(20-9-3)23-12-17-21-11-16(25-17)19(4,5)6;/h11H,7-10,12H2,1-6H3,(H2,20,22,23);1H. The first-order valence-electron chi connectivity index (χ1n) is 9.32. The Kier molecular flexibility index (Phi) is 9.28. The lowest BCUT2D eigenvalue weighted by Crippen LogP contribution is -2.36. The molecular weight excluding hydrogens is 457 g/mol. The SMILES string of the molecule is CCNC(=NCc1c(CC)noc1CC)NCc1ncc(C(C)(C)C)o1.I. The van der Waals surface area contributed by atoms with Crippen LogP contribution in [0, 0.1) is 0 Å². The summed E-state index contributed by atoms with van der Waals surface area (Å²) in [6.45, 7) is 14.3. The summed E-state index contributed by atoms with van der Waals surface area (Å²) in [5, 5.41) is 10.7. The summed E-state index contributed by atoms with van der Waals surface area (Å²) in [5.74, 6) is 3.15. The number of aryl methyl sites for hydroxylation is 2. The van der Waals surface area contributed by atoms with E-state index in [4.69, 9.17) is 8.94 Å². The molecule has 0 aliphatic carbocycles. The van der Waals surface area contributed by atoms with Crippen LogP contribution < -0.4 is 10.6 Å². The minimum Gasteiger partial charge on any atom is -0.443 e. The molecule has 0 saturated carbocycles. The number of aliphatic imine (C=N–C) groups is 1. The van der Waals surface area contributed by atoms with Crippen LogP contribution in [-0.4, -0.2) is 22.6 Å². The predicted octanol–water partition coefficient (Wildman–Crippen LogP) is 3.96. The van der Waals surface area contributed by atoms with Gasteiger partial charge < -0.3 is 19.6 Å². The van der Waals surface area contributed by atoms with Crippen molar-refractivity contribution in [1.29, 1.82) is 0 Å². The highest BCUT2D eigenvalue weighted by atomic mass is 127. The third-order valence-corrected chi connectivity index (χ3v) is 4.05. The Hall–Kier alpha value is -1.58. The van der Waals surface area contributed by atoms with Gasteiger partial charge in [0.15, 0.2) is 5.96 Å². The average molecular weight is 489 g/mol. The lowest BCUT2D eigenvalue weighted by molar-refractivity contribution is 0.379. The van der Waals surface area contributed by atoms with Gasteiger partial charge in [0.1, 0.15) is 11.5 Å². The molecule has 0 atom stereocenters. The third kappa shape index (κ3) is 6.51. The lowest BCUT2D eigenvalue weighted by Gasteiger charge is -2.13. The van der Waals surface area contributed by atoms with Gasteiger partial charge in [0.25, 0.3) is 0 Å². The smallest absolute Gasteiger partial charge is 0.213 e. The van der Waals surface area contributed by atoms with Crippen molar-refractivity contribution in [2.75, 3.05) is 6.54 Å². The van der Waals surface area contributed by atoms with E-state index in [2.05, 4.69) is 60.4 Å². The van der Waals surface area contributed by atoms with Crippen molar-refractivity contribution in [2.24, 2.45) is 4.99 Å². The number of hydrogen-bond acceptors (Lipinski definition) is 5. The molecule has 0 saturated heterocycles. The molecule has 0 bridgehead atoms. The van der Waals surface area contributed by atoms with Gasteiger partial charge in [-0.2, -0.15) is 0 Å². The van der Waals surface area contributed by atoms with Gasteiger partial charge in [0, 0.05) is 23.9 Å². The van der Waals surface area contributed by atoms with Crippen molar-refractivity contribution in [3.8, 4) is 0 Å². The Morgan fingerprint density at radius 2 is 1.89 bits per heavy atom. The molecule has 0 fully saturated rings. The molecule has 0 aliphatic heterocycles. The monoisotopic (exact) mass is 489 g/mol. The Bertz CT molecular complexity index is 709. The fraction of sp³-hybridized carbons (Fsp3) is 0.632. The molecule has 152 valence electrons. The molecule has 0 amide bonds. The predicted molar refractivity (Wildman–Crippen MR) is 118 cm³/mol. The molecule has 2 heterocycles. The molecule has 8 heteroatoms. The second kappa shape index (κ2) is 10.7. The van der Waals surface area contributed by atoms with E-state index in [1.54, 1.807) is 6.20 Å². The van der Waals surface area contributed by atoms with Gasteiger partial charge in [-0.25, -0.2) is 9.98 Å². The van der Waals surface area contributed by atoms with E-state index >= 15 is 0 Å². The van der Waals surface area contributed by atoms with Gasteiger partial charge in [0.2, 0.25) is 5.89 Å². The zero-order valence-electron chi connectivity index (χ0n) is 17.2. The molecule has 27 heavy (non-hydrogen) atoms. The van der Waals surface area contributed by atoms with Crippen LogP contribution >= 0.6 is 24.0 Å². The first kappa shape index (κ1) is 23.5. The summed E-state index contributed by atoms with van der Waals surface area (Å²) >= 11 is 0. The molecule has 0 unspecified atom stereocenters. The first-order valence-corrected chi connectivity index (χ1v) is 9.32. The van der Waals surface area contributed by atoms with Gasteiger partial charge >= 0.3 is 0 Å². The minimum atomic E-state index is -0.0504. The average Bonchev–Trinajstić information content (AvgIpc) is 3.23. The van der Waals surface area contributed by atoms with Crippen molar-refractivity contribution in [1.82, 2.24) is 20.8 Å². The summed E-state index contributed by atoms with van der Waals surface area (Å²) < 4.78 is 11.2. The van der Waals surface area contributed by atoms with Crippen molar-refractivity contribution in [3.05, 3.63) is 34.9 Å². The zero-order valence-corrected chi connectivity index (χ0v) is 19.5. The third-order valence-electron chi connectivity index (χ3n) is 4.05. The Labute approximate surface area is 178 Å². The van der Waals surface area contributed by atoms with E-state index in [0.29, 0.717) is 24.9 Å². The molecule has 2 aromatic rings. The van der Waals surface area contributed by atoms with Crippen molar-refractivity contribution < 1.29 is 8.94 Å². The van der Waals surface area contributed by atoms with Crippen LogP contribution in [0.3, 0.4) is 0 Å². The van der Waals surface area contributed by atoms with E-state index < -0.39 is 0 Å². The van der Waals surface area contributed by atoms with Crippen molar-refractivity contribution >= 4 is 29.9 Å². The summed E-state index contributed by atoms with van der Waals surface area (Å²) in [7, 11) is 0. The number of nitrogens with zero attached hydrogens (tertiary/aromatic N) is 3. The fourth-order valence-electron chi connectivity index (χ4n) is 2.51. The quantitative estimate of drug-likeness (QED) is 0.348. The Balaban J connectivity index is 0.00000364. The summed E-state index contributed by atoms with van der Waals surface area (Å²) in [5.41, 5.74) is 2.01. The molecule has 2 N–H and O–H groups in total. The second-order valence-corrected chi connectivity index (χ2v) is 7.16. The highest BCUT2D eigenvalue weighted by molar-refractivity contribution is 14.0. The summed E-state index contributed by atoms with van der Waals surface area (Å²) in [4.78, 5) is 9.01.